The summed E-state index contributed by atoms with van der Waals surface area (Å²) in [6.45, 7) is 1.17. The number of hydrogen-bond acceptors (Lipinski definition) is 6. The predicted octanol–water partition coefficient (Wildman–Crippen LogP) is 3.27. The lowest BCUT2D eigenvalue weighted by Gasteiger charge is -2.35. The Morgan fingerprint density at radius 1 is 0.900 bits per heavy atom. The van der Waals surface area contributed by atoms with Crippen LogP contribution in [0.25, 0.3) is 0 Å². The molecule has 0 aliphatic carbocycles. The molecule has 4 aliphatic rings. The van der Waals surface area contributed by atoms with Crippen molar-refractivity contribution in [2.45, 2.75) is 28.9 Å². The first kappa shape index (κ1) is 26.7. The lowest BCUT2D eigenvalue weighted by Crippen LogP contribution is -2.53. The number of aliphatic hydroxyl groups excluding tert-OH is 1. The van der Waals surface area contributed by atoms with E-state index in [1.54, 1.807) is 33.6 Å². The number of likely N-dealkylation sites (tertiary alicyclic amines) is 1. The molecule has 2 fully saturated rings. The topological polar surface area (TPSA) is 90.4 Å². The van der Waals surface area contributed by atoms with Crippen molar-refractivity contribution in [3.63, 3.8) is 0 Å². The molecule has 0 aromatic heterocycles. The summed E-state index contributed by atoms with van der Waals surface area (Å²) in [5, 5.41) is 9.20. The van der Waals surface area contributed by atoms with Crippen molar-refractivity contribution in [3.05, 3.63) is 78.9 Å². The molecule has 2 aromatic carbocycles. The third-order valence-electron chi connectivity index (χ3n) is 8.42. The van der Waals surface area contributed by atoms with Gasteiger partial charge in [0.2, 0.25) is 11.8 Å². The van der Waals surface area contributed by atoms with Crippen molar-refractivity contribution in [1.82, 2.24) is 4.90 Å². The molecule has 0 bridgehead atoms. The van der Waals surface area contributed by atoms with Gasteiger partial charge in [-0.15, -0.1) is 11.8 Å². The van der Waals surface area contributed by atoms with E-state index in [0.29, 0.717) is 38.2 Å². The third kappa shape index (κ3) is 4.23. The Morgan fingerprint density at radius 2 is 1.60 bits per heavy atom. The predicted molar refractivity (Wildman–Crippen MR) is 155 cm³/mol. The first-order valence-electron chi connectivity index (χ1n) is 13.8. The highest BCUT2D eigenvalue weighted by molar-refractivity contribution is 8.02. The molecule has 6 rings (SSSR count). The smallest absolute Gasteiger partial charge is 0.251 e. The lowest BCUT2D eigenvalue weighted by molar-refractivity contribution is -0.138. The molecule has 5 atom stereocenters. The summed E-state index contributed by atoms with van der Waals surface area (Å²) >= 11 is 1.58. The maximum absolute atomic E-state index is 14.4. The first-order valence-corrected chi connectivity index (χ1v) is 14.6. The lowest BCUT2D eigenvalue weighted by atomic mass is 9.78. The summed E-state index contributed by atoms with van der Waals surface area (Å²) in [6, 6.07) is 16.1. The van der Waals surface area contributed by atoms with Crippen LogP contribution in [-0.2, 0) is 14.4 Å². The van der Waals surface area contributed by atoms with Gasteiger partial charge in [0.25, 0.3) is 5.91 Å². The second-order valence-corrected chi connectivity index (χ2v) is 12.1. The molecule has 8 nitrogen and oxygen atoms in total. The summed E-state index contributed by atoms with van der Waals surface area (Å²) in [7, 11) is 1.60. The zero-order valence-corrected chi connectivity index (χ0v) is 23.2. The highest BCUT2D eigenvalue weighted by Gasteiger charge is 2.71. The number of nitrogens with zero attached hydrogens (tertiary/aromatic N) is 3. The Hall–Kier alpha value is -3.56. The van der Waals surface area contributed by atoms with E-state index in [-0.39, 0.29) is 29.6 Å². The summed E-state index contributed by atoms with van der Waals surface area (Å²) in [6.07, 6.45) is 9.16. The van der Waals surface area contributed by atoms with Gasteiger partial charge in [-0.2, -0.15) is 0 Å². The number of anilines is 2. The maximum atomic E-state index is 14.4. The van der Waals surface area contributed by atoms with E-state index in [1.807, 2.05) is 78.9 Å². The molecule has 40 heavy (non-hydrogen) atoms. The van der Waals surface area contributed by atoms with Crippen LogP contribution in [0.1, 0.15) is 12.8 Å². The molecule has 2 saturated heterocycles. The minimum atomic E-state index is -0.871. The van der Waals surface area contributed by atoms with Crippen LogP contribution in [-0.4, -0.2) is 77.1 Å². The van der Waals surface area contributed by atoms with E-state index in [1.165, 1.54) is 0 Å². The number of carbonyl (C=O) groups is 3. The van der Waals surface area contributed by atoms with Crippen molar-refractivity contribution >= 4 is 40.9 Å². The van der Waals surface area contributed by atoms with Crippen LogP contribution in [0.5, 0.6) is 5.75 Å². The molecule has 208 valence electrons. The van der Waals surface area contributed by atoms with E-state index in [0.717, 1.165) is 11.4 Å². The average molecular weight is 560 g/mol. The van der Waals surface area contributed by atoms with Gasteiger partial charge in [0, 0.05) is 42.9 Å². The monoisotopic (exact) mass is 559 g/mol. The molecule has 2 aromatic rings. The van der Waals surface area contributed by atoms with Crippen LogP contribution in [0.4, 0.5) is 11.4 Å². The number of methoxy groups -OCH3 is 1. The number of hydrogen-bond donors (Lipinski definition) is 1. The van der Waals surface area contributed by atoms with Crippen LogP contribution in [0.3, 0.4) is 0 Å². The average Bonchev–Trinajstić information content (AvgIpc) is 3.28. The summed E-state index contributed by atoms with van der Waals surface area (Å²) < 4.78 is 4.43. The van der Waals surface area contributed by atoms with Gasteiger partial charge >= 0.3 is 0 Å². The molecule has 1 unspecified atom stereocenters. The quantitative estimate of drug-likeness (QED) is 0.414. The van der Waals surface area contributed by atoms with Crippen LogP contribution >= 0.6 is 11.8 Å². The summed E-state index contributed by atoms with van der Waals surface area (Å²) in [5.74, 6) is -0.966. The highest BCUT2D eigenvalue weighted by atomic mass is 32.2. The van der Waals surface area contributed by atoms with E-state index in [9.17, 15) is 19.5 Å². The Labute approximate surface area is 238 Å². The Bertz CT molecular complexity index is 1350. The number of ether oxygens (including phenoxy) is 1. The molecular weight excluding hydrogens is 526 g/mol. The minimum absolute atomic E-state index is 0.0157. The number of rotatable bonds is 7. The second kappa shape index (κ2) is 10.8. The van der Waals surface area contributed by atoms with Crippen molar-refractivity contribution in [1.29, 1.82) is 0 Å². The standard InChI is InChI=1S/C31H33N3O5S/c1-39-23-14-12-22(13-15-23)33-19-8-16-31-26(29(37)34(17-5-6-20-35)27(31)30(33)38)25-24(40-31)11-7-18-32(28(25)36)21-9-3-2-4-10-21/h2-4,7-16,24-27,35H,5-6,17-20H2,1H3/t24-,25+,26-,27?,31-/m0/s1. The van der Waals surface area contributed by atoms with E-state index in [4.69, 9.17) is 4.74 Å². The first-order chi connectivity index (χ1) is 19.5. The van der Waals surface area contributed by atoms with Crippen molar-refractivity contribution < 1.29 is 24.2 Å². The number of para-hydroxylation sites is 1. The number of benzene rings is 2. The number of fused-ring (bicyclic) bond motifs is 2. The summed E-state index contributed by atoms with van der Waals surface area (Å²) in [5.41, 5.74) is 1.52. The van der Waals surface area contributed by atoms with Crippen LogP contribution in [0.2, 0.25) is 0 Å². The molecule has 1 N–H and O–H groups in total. The number of unbranched alkanes of at least 4 members (excludes halogenated alkanes) is 1. The fraction of sp³-hybridized carbons (Fsp3) is 0.387. The Kier molecular flexibility index (Phi) is 7.18. The fourth-order valence-electron chi connectivity index (χ4n) is 6.60. The normalized spacial score (nSPS) is 29.2. The third-order valence-corrected chi connectivity index (χ3v) is 10.2. The molecule has 3 amide bonds. The van der Waals surface area contributed by atoms with Crippen molar-refractivity contribution in [2.24, 2.45) is 11.8 Å². The van der Waals surface area contributed by atoms with Gasteiger partial charge in [-0.05, 0) is 49.2 Å². The zero-order valence-electron chi connectivity index (χ0n) is 22.4. The number of thioether (sulfide) groups is 1. The second-order valence-electron chi connectivity index (χ2n) is 10.6. The van der Waals surface area contributed by atoms with Gasteiger partial charge in [-0.3, -0.25) is 14.4 Å². The van der Waals surface area contributed by atoms with E-state index >= 15 is 0 Å². The molecule has 0 radical (unpaired) electrons. The van der Waals surface area contributed by atoms with Gasteiger partial charge in [0.15, 0.2) is 0 Å². The fourth-order valence-corrected chi connectivity index (χ4v) is 8.61. The molecule has 0 saturated carbocycles. The number of amides is 3. The zero-order chi connectivity index (χ0) is 27.9. The van der Waals surface area contributed by atoms with Gasteiger partial charge in [-0.1, -0.05) is 42.5 Å². The largest absolute Gasteiger partial charge is 0.497 e. The maximum Gasteiger partial charge on any atom is 0.251 e. The van der Waals surface area contributed by atoms with E-state index in [2.05, 4.69) is 0 Å². The van der Waals surface area contributed by atoms with Crippen LogP contribution in [0, 0.1) is 11.8 Å². The molecular formula is C31H33N3O5S. The SMILES string of the molecule is COc1ccc(N2CC=C[C@]34S[C@H]5C=CCN(c6ccccc6)C(=O)[C@H]5[C@H]3C(=O)N(CCCCO)C4C2=O)cc1. The number of carbonyl (C=O) groups excluding carboxylic acids is 3. The van der Waals surface area contributed by atoms with Gasteiger partial charge in [-0.25, -0.2) is 0 Å². The molecule has 1 spiro atoms. The van der Waals surface area contributed by atoms with Crippen LogP contribution in [0.15, 0.2) is 78.9 Å². The van der Waals surface area contributed by atoms with Gasteiger partial charge < -0.3 is 24.5 Å². The molecule has 4 aliphatic heterocycles. The van der Waals surface area contributed by atoms with E-state index < -0.39 is 22.6 Å². The van der Waals surface area contributed by atoms with Crippen molar-refractivity contribution in [2.75, 3.05) is 43.2 Å². The Morgan fingerprint density at radius 3 is 2.33 bits per heavy atom. The van der Waals surface area contributed by atoms with Crippen molar-refractivity contribution in [3.8, 4) is 5.75 Å². The molecule has 9 heteroatoms. The van der Waals surface area contributed by atoms with Crippen LogP contribution < -0.4 is 14.5 Å². The molecule has 4 heterocycles. The minimum Gasteiger partial charge on any atom is -0.497 e. The highest BCUT2D eigenvalue weighted by Crippen LogP contribution is 2.61. The van der Waals surface area contributed by atoms with Gasteiger partial charge in [0.05, 0.1) is 23.7 Å². The number of aliphatic hydroxyl groups is 1. The summed E-state index contributed by atoms with van der Waals surface area (Å²) in [4.78, 5) is 48.1. The van der Waals surface area contributed by atoms with Gasteiger partial charge in [0.1, 0.15) is 11.8 Å². The Balaban J connectivity index is 1.41.